The van der Waals surface area contributed by atoms with Gasteiger partial charge in [-0.1, -0.05) is 6.07 Å². The number of hydrogen-bond donors (Lipinski definition) is 2. The summed E-state index contributed by atoms with van der Waals surface area (Å²) in [6, 6.07) is 8.18. The van der Waals surface area contributed by atoms with E-state index in [1.54, 1.807) is 0 Å². The van der Waals surface area contributed by atoms with E-state index in [2.05, 4.69) is 21.1 Å². The second-order valence-electron chi connectivity index (χ2n) is 3.58. The molecule has 84 valence electrons. The highest BCUT2D eigenvalue weighted by Crippen LogP contribution is 2.13. The Morgan fingerprint density at radius 2 is 2.31 bits per heavy atom. The number of esters is 1. The molecule has 0 radical (unpaired) electrons. The van der Waals surface area contributed by atoms with E-state index in [4.69, 9.17) is 0 Å². The Morgan fingerprint density at radius 3 is 3.12 bits per heavy atom. The topological polar surface area (TPSA) is 54.1 Å². The fraction of sp³-hybridized carbons (Fsp3) is 0.250. The zero-order valence-corrected chi connectivity index (χ0v) is 9.12. The molecule has 0 saturated carbocycles. The first kappa shape index (κ1) is 10.7. The van der Waals surface area contributed by atoms with Gasteiger partial charge in [-0.3, -0.25) is 4.79 Å². The summed E-state index contributed by atoms with van der Waals surface area (Å²) in [6.45, 7) is 0.901. The Hall–Kier alpha value is -1.81. The van der Waals surface area contributed by atoms with E-state index in [1.807, 2.05) is 24.4 Å². The van der Waals surface area contributed by atoms with Crippen LogP contribution < -0.4 is 5.32 Å². The van der Waals surface area contributed by atoms with E-state index in [9.17, 15) is 4.79 Å². The number of aromatic nitrogens is 1. The summed E-state index contributed by atoms with van der Waals surface area (Å²) in [6.07, 6.45) is 1.91. The number of nitrogens with one attached hydrogen (secondary N) is 2. The molecule has 2 aromatic rings. The smallest absolute Gasteiger partial charge is 0.319 e. The molecule has 4 nitrogen and oxygen atoms in total. The quantitative estimate of drug-likeness (QED) is 0.763. The highest BCUT2D eigenvalue weighted by atomic mass is 16.5. The monoisotopic (exact) mass is 218 g/mol. The van der Waals surface area contributed by atoms with Gasteiger partial charge in [-0.25, -0.2) is 0 Å². The third-order valence-electron chi connectivity index (χ3n) is 2.44. The Labute approximate surface area is 93.6 Å². The van der Waals surface area contributed by atoms with Crippen molar-refractivity contribution in [2.24, 2.45) is 0 Å². The molecule has 0 aliphatic heterocycles. The predicted octanol–water partition coefficient (Wildman–Crippen LogP) is 1.43. The van der Waals surface area contributed by atoms with Crippen LogP contribution >= 0.6 is 0 Å². The standard InChI is InChI=1S/C12H14N2O2/c1-16-12(15)8-13-7-9-2-3-11-10(6-9)4-5-14-11/h2-6,13-14H,7-8H2,1H3. The fourth-order valence-corrected chi connectivity index (χ4v) is 1.59. The van der Waals surface area contributed by atoms with Crippen LogP contribution in [0.5, 0.6) is 0 Å². The second kappa shape index (κ2) is 4.81. The maximum atomic E-state index is 10.9. The van der Waals surface area contributed by atoms with Crippen molar-refractivity contribution in [1.29, 1.82) is 0 Å². The lowest BCUT2D eigenvalue weighted by Gasteiger charge is -2.03. The normalized spacial score (nSPS) is 10.6. The van der Waals surface area contributed by atoms with Crippen LogP contribution in [0.1, 0.15) is 5.56 Å². The summed E-state index contributed by atoms with van der Waals surface area (Å²) in [5.74, 6) is -0.247. The molecular weight excluding hydrogens is 204 g/mol. The van der Waals surface area contributed by atoms with Gasteiger partial charge >= 0.3 is 5.97 Å². The van der Waals surface area contributed by atoms with Gasteiger partial charge in [0, 0.05) is 18.3 Å². The number of carbonyl (C=O) groups is 1. The molecule has 0 bridgehead atoms. The van der Waals surface area contributed by atoms with Crippen LogP contribution in [-0.4, -0.2) is 24.6 Å². The number of aromatic amines is 1. The highest BCUT2D eigenvalue weighted by Gasteiger charge is 2.00. The summed E-state index contributed by atoms with van der Waals surface area (Å²) in [5, 5.41) is 4.20. The first-order valence-electron chi connectivity index (χ1n) is 5.13. The summed E-state index contributed by atoms with van der Waals surface area (Å²) < 4.78 is 4.54. The zero-order valence-electron chi connectivity index (χ0n) is 9.12. The minimum absolute atomic E-state index is 0.238. The molecule has 0 aliphatic carbocycles. The van der Waals surface area contributed by atoms with Crippen molar-refractivity contribution in [3.05, 3.63) is 36.0 Å². The minimum Gasteiger partial charge on any atom is -0.468 e. The van der Waals surface area contributed by atoms with Crippen molar-refractivity contribution in [3.63, 3.8) is 0 Å². The molecule has 0 atom stereocenters. The van der Waals surface area contributed by atoms with E-state index in [-0.39, 0.29) is 12.5 Å². The van der Waals surface area contributed by atoms with Crippen LogP contribution in [0.4, 0.5) is 0 Å². The van der Waals surface area contributed by atoms with Crippen LogP contribution in [0, 0.1) is 0 Å². The lowest BCUT2D eigenvalue weighted by molar-refractivity contribution is -0.139. The van der Waals surface area contributed by atoms with Gasteiger partial charge in [-0.05, 0) is 29.1 Å². The van der Waals surface area contributed by atoms with Gasteiger partial charge in [0.05, 0.1) is 13.7 Å². The average Bonchev–Trinajstić information content (AvgIpc) is 2.76. The van der Waals surface area contributed by atoms with Gasteiger partial charge in [-0.15, -0.1) is 0 Å². The van der Waals surface area contributed by atoms with Crippen molar-refractivity contribution in [1.82, 2.24) is 10.3 Å². The third-order valence-corrected chi connectivity index (χ3v) is 2.44. The Kier molecular flexibility index (Phi) is 3.22. The van der Waals surface area contributed by atoms with E-state index >= 15 is 0 Å². The van der Waals surface area contributed by atoms with Crippen LogP contribution in [-0.2, 0) is 16.1 Å². The summed E-state index contributed by atoms with van der Waals surface area (Å²) >= 11 is 0. The van der Waals surface area contributed by atoms with Gasteiger partial charge in [0.15, 0.2) is 0 Å². The van der Waals surface area contributed by atoms with E-state index in [0.29, 0.717) is 6.54 Å². The number of methoxy groups -OCH3 is 1. The van der Waals surface area contributed by atoms with Gasteiger partial charge < -0.3 is 15.0 Å². The largest absolute Gasteiger partial charge is 0.468 e. The van der Waals surface area contributed by atoms with E-state index < -0.39 is 0 Å². The SMILES string of the molecule is COC(=O)CNCc1ccc2[nH]ccc2c1. The number of ether oxygens (including phenoxy) is 1. The first-order valence-corrected chi connectivity index (χ1v) is 5.13. The van der Waals surface area contributed by atoms with Crippen molar-refractivity contribution in [2.45, 2.75) is 6.54 Å². The van der Waals surface area contributed by atoms with E-state index in [1.165, 1.54) is 12.5 Å². The number of hydrogen-bond acceptors (Lipinski definition) is 3. The fourth-order valence-electron chi connectivity index (χ4n) is 1.59. The molecule has 4 heteroatoms. The first-order chi connectivity index (χ1) is 7.79. The number of carbonyl (C=O) groups excluding carboxylic acids is 1. The Bertz CT molecular complexity index is 490. The number of benzene rings is 1. The maximum Gasteiger partial charge on any atom is 0.319 e. The van der Waals surface area contributed by atoms with E-state index in [0.717, 1.165) is 11.1 Å². The molecule has 1 aromatic heterocycles. The molecule has 0 unspecified atom stereocenters. The molecule has 0 aliphatic rings. The molecular formula is C12H14N2O2. The lowest BCUT2D eigenvalue weighted by Crippen LogP contribution is -2.23. The van der Waals surface area contributed by atoms with Crippen LogP contribution in [0.15, 0.2) is 30.5 Å². The molecule has 2 N–H and O–H groups in total. The third kappa shape index (κ3) is 2.41. The van der Waals surface area contributed by atoms with Gasteiger partial charge in [-0.2, -0.15) is 0 Å². The second-order valence-corrected chi connectivity index (χ2v) is 3.58. The molecule has 1 aromatic carbocycles. The molecule has 0 amide bonds. The Balaban J connectivity index is 1.96. The number of rotatable bonds is 4. The van der Waals surface area contributed by atoms with Gasteiger partial charge in [0.2, 0.25) is 0 Å². The average molecular weight is 218 g/mol. The molecule has 0 fully saturated rings. The lowest BCUT2D eigenvalue weighted by atomic mass is 10.1. The van der Waals surface area contributed by atoms with Gasteiger partial charge in [0.25, 0.3) is 0 Å². The van der Waals surface area contributed by atoms with Gasteiger partial charge in [0.1, 0.15) is 0 Å². The van der Waals surface area contributed by atoms with Crippen LogP contribution in [0.25, 0.3) is 10.9 Å². The minimum atomic E-state index is -0.247. The summed E-state index contributed by atoms with van der Waals surface area (Å²) in [5.41, 5.74) is 2.27. The molecule has 16 heavy (non-hydrogen) atoms. The highest BCUT2D eigenvalue weighted by molar-refractivity contribution is 5.79. The van der Waals surface area contributed by atoms with Crippen molar-refractivity contribution >= 4 is 16.9 Å². The molecule has 2 rings (SSSR count). The number of fused-ring (bicyclic) bond motifs is 1. The Morgan fingerprint density at radius 1 is 1.44 bits per heavy atom. The van der Waals surface area contributed by atoms with Crippen LogP contribution in [0.2, 0.25) is 0 Å². The maximum absolute atomic E-state index is 10.9. The van der Waals surface area contributed by atoms with Crippen molar-refractivity contribution < 1.29 is 9.53 Å². The van der Waals surface area contributed by atoms with Crippen molar-refractivity contribution in [3.8, 4) is 0 Å². The summed E-state index contributed by atoms with van der Waals surface area (Å²) in [4.78, 5) is 14.0. The van der Waals surface area contributed by atoms with Crippen molar-refractivity contribution in [2.75, 3.05) is 13.7 Å². The number of H-pyrrole nitrogens is 1. The molecule has 0 saturated heterocycles. The summed E-state index contributed by atoms with van der Waals surface area (Å²) in [7, 11) is 1.38. The van der Waals surface area contributed by atoms with Crippen LogP contribution in [0.3, 0.4) is 0 Å². The predicted molar refractivity (Wildman–Crippen MR) is 62.0 cm³/mol. The zero-order chi connectivity index (χ0) is 11.4. The molecule has 1 heterocycles. The molecule has 0 spiro atoms.